The molecular formula is C39H55N5O6. The predicted octanol–water partition coefficient (Wildman–Crippen LogP) is 2.93. The summed E-state index contributed by atoms with van der Waals surface area (Å²) in [5.74, 6) is -1.18. The first-order valence-electron chi connectivity index (χ1n) is 18.4. The van der Waals surface area contributed by atoms with Crippen LogP contribution in [-0.2, 0) is 36.8 Å². The van der Waals surface area contributed by atoms with Gasteiger partial charge in [0.2, 0.25) is 17.6 Å². The van der Waals surface area contributed by atoms with E-state index in [0.29, 0.717) is 50.6 Å². The van der Waals surface area contributed by atoms with Crippen molar-refractivity contribution in [3.63, 3.8) is 0 Å². The number of hydrogen-bond acceptors (Lipinski definition) is 8. The lowest BCUT2D eigenvalue weighted by atomic mass is 9.81. The lowest BCUT2D eigenvalue weighted by molar-refractivity contribution is -0.143. The van der Waals surface area contributed by atoms with Crippen molar-refractivity contribution in [2.75, 3.05) is 19.8 Å². The number of nitrogens with one attached hydrogen (secondary N) is 4. The van der Waals surface area contributed by atoms with E-state index >= 15 is 0 Å². The monoisotopic (exact) mass is 689 g/mol. The van der Waals surface area contributed by atoms with Gasteiger partial charge in [-0.2, -0.15) is 0 Å². The summed E-state index contributed by atoms with van der Waals surface area (Å²) in [5, 5.41) is 19.5. The zero-order valence-corrected chi connectivity index (χ0v) is 29.5. The summed E-state index contributed by atoms with van der Waals surface area (Å²) in [6.45, 7) is 6.39. The highest BCUT2D eigenvalue weighted by atomic mass is 16.2. The standard InChI is InChI=1S/C37H53N5O5.C2H2O/c1-3-11-29(34(44)36(46)38-19-4-2)41-35(45)30-16-10-20-42(30)37(47)32(28-21-26-14-8-9-15-27(26)22-28)40-23-39-31(33(43)25-17-18-25)24-12-6-5-7-13-24;1-2-3/h4,8-9,14-15,24-25,28-32,39-40H,2-3,5-7,10-13,16-23H2,1H3,(H,38,46)(H,41,45);1,3H. The van der Waals surface area contributed by atoms with Crippen molar-refractivity contribution in [2.24, 2.45) is 17.8 Å². The molecule has 5 rings (SSSR count). The zero-order valence-electron chi connectivity index (χ0n) is 29.5. The summed E-state index contributed by atoms with van der Waals surface area (Å²) in [6, 6.07) is 5.85. The number of Topliss-reactive ketones (excluding diaryl/α,β-unsaturated/α-hetero) is 2. The number of likely N-dealkylation sites (tertiary alicyclic amines) is 1. The Morgan fingerprint density at radius 1 is 0.960 bits per heavy atom. The van der Waals surface area contributed by atoms with Crippen molar-refractivity contribution >= 4 is 29.3 Å². The van der Waals surface area contributed by atoms with E-state index in [0.717, 1.165) is 51.4 Å². The summed E-state index contributed by atoms with van der Waals surface area (Å²) in [4.78, 5) is 68.4. The minimum Gasteiger partial charge on any atom is -0.462 e. The van der Waals surface area contributed by atoms with E-state index in [9.17, 15) is 24.0 Å². The summed E-state index contributed by atoms with van der Waals surface area (Å²) < 4.78 is 0. The third kappa shape index (κ3) is 10.3. The molecule has 4 aliphatic rings. The average Bonchev–Trinajstić information content (AvgIpc) is 3.70. The first-order chi connectivity index (χ1) is 24.2. The van der Waals surface area contributed by atoms with Crippen molar-refractivity contribution in [1.82, 2.24) is 26.2 Å². The number of carbonyl (C=O) groups is 5. The second-order valence-electron chi connectivity index (χ2n) is 14.1. The van der Waals surface area contributed by atoms with Crippen molar-refractivity contribution in [3.8, 4) is 12.5 Å². The van der Waals surface area contributed by atoms with Gasteiger partial charge in [-0.3, -0.25) is 34.6 Å². The molecule has 272 valence electrons. The van der Waals surface area contributed by atoms with Gasteiger partial charge in [0.25, 0.3) is 5.91 Å². The average molecular weight is 690 g/mol. The first kappa shape index (κ1) is 38.8. The molecule has 11 heteroatoms. The molecular weight excluding hydrogens is 634 g/mol. The van der Waals surface area contributed by atoms with Gasteiger partial charge in [-0.1, -0.05) is 69.4 Å². The number of fused-ring (bicyclic) bond motifs is 1. The second-order valence-corrected chi connectivity index (χ2v) is 14.1. The molecule has 4 atom stereocenters. The van der Waals surface area contributed by atoms with E-state index in [-0.39, 0.29) is 30.3 Å². The fraction of sp³-hybridized carbons (Fsp3) is 0.615. The highest BCUT2D eigenvalue weighted by molar-refractivity contribution is 6.38. The van der Waals surface area contributed by atoms with E-state index < -0.39 is 35.7 Å². The molecule has 3 amide bonds. The quantitative estimate of drug-likeness (QED) is 0.0724. The Labute approximate surface area is 296 Å². The van der Waals surface area contributed by atoms with Crippen molar-refractivity contribution in [3.05, 3.63) is 48.0 Å². The van der Waals surface area contributed by atoms with Crippen LogP contribution in [0.2, 0.25) is 0 Å². The Morgan fingerprint density at radius 2 is 1.60 bits per heavy atom. The number of ketones is 2. The van der Waals surface area contributed by atoms with Crippen LogP contribution in [0.3, 0.4) is 0 Å². The Morgan fingerprint density at radius 3 is 2.20 bits per heavy atom. The molecule has 0 bridgehead atoms. The molecule has 1 saturated heterocycles. The fourth-order valence-corrected chi connectivity index (χ4v) is 7.87. The Kier molecular flexibility index (Phi) is 15.0. The van der Waals surface area contributed by atoms with E-state index in [1.165, 1.54) is 29.7 Å². The smallest absolute Gasteiger partial charge is 0.289 e. The molecule has 3 fully saturated rings. The number of carbonyl (C=O) groups excluding carboxylic acids is 5. The summed E-state index contributed by atoms with van der Waals surface area (Å²) >= 11 is 0. The third-order valence-electron chi connectivity index (χ3n) is 10.6. The normalized spacial score (nSPS) is 20.6. The molecule has 3 aliphatic carbocycles. The summed E-state index contributed by atoms with van der Waals surface area (Å²) in [5.41, 5.74) is 2.47. The van der Waals surface area contributed by atoms with Gasteiger partial charge in [-0.25, -0.2) is 0 Å². The molecule has 0 aromatic heterocycles. The number of benzene rings is 1. The lowest BCUT2D eigenvalue weighted by Crippen LogP contribution is -2.58. The van der Waals surface area contributed by atoms with E-state index in [1.807, 2.05) is 19.1 Å². The highest BCUT2D eigenvalue weighted by Gasteiger charge is 2.43. The van der Waals surface area contributed by atoms with E-state index in [4.69, 9.17) is 5.11 Å². The number of amides is 3. The molecule has 0 radical (unpaired) electrons. The van der Waals surface area contributed by atoms with Crippen molar-refractivity contribution in [1.29, 1.82) is 0 Å². The zero-order chi connectivity index (χ0) is 36.0. The minimum absolute atomic E-state index is 0.00116. The van der Waals surface area contributed by atoms with Gasteiger partial charge >= 0.3 is 0 Å². The van der Waals surface area contributed by atoms with Crippen LogP contribution in [0.25, 0.3) is 0 Å². The van der Waals surface area contributed by atoms with Crippen LogP contribution in [0.5, 0.6) is 0 Å². The van der Waals surface area contributed by atoms with Crippen LogP contribution in [0.4, 0.5) is 0 Å². The lowest BCUT2D eigenvalue weighted by Gasteiger charge is -2.34. The number of aliphatic hydroxyl groups is 1. The van der Waals surface area contributed by atoms with Crippen LogP contribution < -0.4 is 21.3 Å². The van der Waals surface area contributed by atoms with Gasteiger partial charge < -0.3 is 20.6 Å². The second kappa shape index (κ2) is 19.4. The minimum atomic E-state index is -0.960. The fourth-order valence-electron chi connectivity index (χ4n) is 7.87. The number of aliphatic hydroxyl groups excluding tert-OH is 1. The Balaban J connectivity index is 0.00000181. The number of nitrogens with zero attached hydrogens (tertiary/aromatic N) is 1. The molecule has 4 unspecified atom stereocenters. The molecule has 1 aliphatic heterocycles. The largest absolute Gasteiger partial charge is 0.462 e. The molecule has 0 spiro atoms. The SMILES string of the molecule is C#CO.C=CCNC(=O)C(=O)C(CCC)NC(=O)C1CCCN1C(=O)C(NCNC(C(=O)C1CC1)C1CCCCC1)C1Cc2ccccc2C1. The third-order valence-corrected chi connectivity index (χ3v) is 10.6. The topological polar surface area (TPSA) is 157 Å². The van der Waals surface area contributed by atoms with E-state index in [2.05, 4.69) is 46.4 Å². The molecule has 1 aromatic rings. The van der Waals surface area contributed by atoms with Crippen LogP contribution in [0.15, 0.2) is 36.9 Å². The maximum Gasteiger partial charge on any atom is 0.289 e. The molecule has 11 nitrogen and oxygen atoms in total. The van der Waals surface area contributed by atoms with Crippen LogP contribution >= 0.6 is 0 Å². The van der Waals surface area contributed by atoms with Gasteiger partial charge in [0, 0.05) is 25.7 Å². The molecule has 2 saturated carbocycles. The molecule has 1 aromatic carbocycles. The number of hydrogen-bond donors (Lipinski definition) is 5. The number of terminal acetylenes is 1. The maximum absolute atomic E-state index is 14.4. The van der Waals surface area contributed by atoms with Crippen LogP contribution in [0.1, 0.15) is 88.7 Å². The first-order valence-corrected chi connectivity index (χ1v) is 18.4. The van der Waals surface area contributed by atoms with Crippen molar-refractivity contribution < 1.29 is 29.1 Å². The molecule has 50 heavy (non-hydrogen) atoms. The molecule has 5 N–H and O–H groups in total. The van der Waals surface area contributed by atoms with Gasteiger partial charge in [-0.05, 0) is 80.8 Å². The van der Waals surface area contributed by atoms with Gasteiger partial charge in [-0.15, -0.1) is 6.58 Å². The van der Waals surface area contributed by atoms with Crippen molar-refractivity contribution in [2.45, 2.75) is 115 Å². The van der Waals surface area contributed by atoms with Gasteiger partial charge in [0.15, 0.2) is 5.78 Å². The summed E-state index contributed by atoms with van der Waals surface area (Å²) in [7, 11) is 0. The van der Waals surface area contributed by atoms with Crippen LogP contribution in [0, 0.1) is 30.3 Å². The summed E-state index contributed by atoms with van der Waals surface area (Å²) in [6.07, 6.45) is 18.1. The Hall–Kier alpha value is -4.01. The molecule has 1 heterocycles. The van der Waals surface area contributed by atoms with Crippen LogP contribution in [-0.4, -0.2) is 83.2 Å². The maximum atomic E-state index is 14.4. The number of rotatable bonds is 17. The van der Waals surface area contributed by atoms with E-state index in [1.54, 1.807) is 4.90 Å². The highest BCUT2D eigenvalue weighted by Crippen LogP contribution is 2.36. The predicted molar refractivity (Wildman–Crippen MR) is 191 cm³/mol. The van der Waals surface area contributed by atoms with Gasteiger partial charge in [0.05, 0.1) is 18.1 Å². The Bertz CT molecular complexity index is 1370. The van der Waals surface area contributed by atoms with Gasteiger partial charge in [0.1, 0.15) is 12.1 Å².